The fraction of sp³-hybridized carbons (Fsp3) is 0.792. The van der Waals surface area contributed by atoms with Crippen molar-refractivity contribution in [2.75, 3.05) is 26.7 Å². The fourth-order valence-electron chi connectivity index (χ4n) is 4.09. The number of nitrogens with zero attached hydrogens (tertiary/aromatic N) is 1. The van der Waals surface area contributed by atoms with Gasteiger partial charge in [-0.15, -0.1) is 0 Å². The van der Waals surface area contributed by atoms with E-state index in [2.05, 4.69) is 10.6 Å². The highest BCUT2D eigenvalue weighted by molar-refractivity contribution is 5.93. The topological polar surface area (TPSA) is 87.7 Å². The molecule has 1 heterocycles. The van der Waals surface area contributed by atoms with Crippen molar-refractivity contribution < 1.29 is 19.1 Å². The number of carbonyl (C=O) groups is 3. The summed E-state index contributed by atoms with van der Waals surface area (Å²) in [6.45, 7) is 12.5. The van der Waals surface area contributed by atoms with Crippen LogP contribution in [-0.2, 0) is 14.3 Å². The number of ketones is 2. The highest BCUT2D eigenvalue weighted by Gasteiger charge is 2.38. The van der Waals surface area contributed by atoms with Gasteiger partial charge in [0.05, 0.1) is 17.6 Å². The van der Waals surface area contributed by atoms with Crippen molar-refractivity contribution in [2.24, 2.45) is 5.92 Å². The van der Waals surface area contributed by atoms with Gasteiger partial charge in [0.25, 0.3) is 0 Å². The second kappa shape index (κ2) is 12.3. The van der Waals surface area contributed by atoms with E-state index in [1.165, 1.54) is 0 Å². The van der Waals surface area contributed by atoms with Crippen LogP contribution in [0.2, 0.25) is 0 Å². The number of amides is 1. The molecule has 0 saturated carbocycles. The third-order valence-corrected chi connectivity index (χ3v) is 5.93. The number of nitrogens with one attached hydrogen (secondary N) is 2. The minimum atomic E-state index is -0.753. The molecule has 31 heavy (non-hydrogen) atoms. The van der Waals surface area contributed by atoms with Crippen LogP contribution in [0, 0.1) is 5.92 Å². The minimum absolute atomic E-state index is 0.0263. The van der Waals surface area contributed by atoms with Crippen molar-refractivity contribution in [3.63, 3.8) is 0 Å². The zero-order chi connectivity index (χ0) is 23.7. The lowest BCUT2D eigenvalue weighted by atomic mass is 9.83. The van der Waals surface area contributed by atoms with E-state index in [-0.39, 0.29) is 42.8 Å². The Labute approximate surface area is 188 Å². The summed E-state index contributed by atoms with van der Waals surface area (Å²) < 4.78 is 5.28. The van der Waals surface area contributed by atoms with Gasteiger partial charge in [-0.1, -0.05) is 26.0 Å². The second-order valence-corrected chi connectivity index (χ2v) is 9.72. The Kier molecular flexibility index (Phi) is 10.9. The molecule has 2 N–H and O–H groups in total. The lowest BCUT2D eigenvalue weighted by Crippen LogP contribution is -2.59. The van der Waals surface area contributed by atoms with Crippen LogP contribution in [0.1, 0.15) is 73.6 Å². The molecule has 1 aliphatic rings. The molecule has 1 amide bonds. The molecule has 0 aromatic rings. The summed E-state index contributed by atoms with van der Waals surface area (Å²) in [5.41, 5.74) is -1.50. The molecule has 0 saturated heterocycles. The van der Waals surface area contributed by atoms with Crippen molar-refractivity contribution in [3.05, 3.63) is 12.2 Å². The van der Waals surface area contributed by atoms with Gasteiger partial charge in [-0.05, 0) is 59.8 Å². The Morgan fingerprint density at radius 2 is 1.81 bits per heavy atom. The molecule has 0 aromatic heterocycles. The highest BCUT2D eigenvalue weighted by Crippen LogP contribution is 2.22. The zero-order valence-electron chi connectivity index (χ0n) is 20.5. The Hall–Kier alpha value is -1.73. The summed E-state index contributed by atoms with van der Waals surface area (Å²) in [6, 6.07) is 0.125. The van der Waals surface area contributed by atoms with Crippen LogP contribution in [-0.4, -0.2) is 66.4 Å². The van der Waals surface area contributed by atoms with E-state index in [1.54, 1.807) is 11.9 Å². The van der Waals surface area contributed by atoms with Crippen LogP contribution in [0.3, 0.4) is 0 Å². The van der Waals surface area contributed by atoms with E-state index in [4.69, 9.17) is 4.74 Å². The molecule has 1 aliphatic heterocycles. The van der Waals surface area contributed by atoms with Gasteiger partial charge in [0.2, 0.25) is 0 Å². The van der Waals surface area contributed by atoms with Crippen molar-refractivity contribution in [3.8, 4) is 0 Å². The van der Waals surface area contributed by atoms with Gasteiger partial charge in [-0.3, -0.25) is 14.9 Å². The summed E-state index contributed by atoms with van der Waals surface area (Å²) in [6.07, 6.45) is 6.89. The van der Waals surface area contributed by atoms with Crippen LogP contribution in [0.5, 0.6) is 0 Å². The Morgan fingerprint density at radius 1 is 1.13 bits per heavy atom. The van der Waals surface area contributed by atoms with E-state index in [0.29, 0.717) is 25.8 Å². The molecule has 178 valence electrons. The first-order valence-electron chi connectivity index (χ1n) is 11.5. The monoisotopic (exact) mass is 437 g/mol. The first-order valence-corrected chi connectivity index (χ1v) is 11.5. The summed E-state index contributed by atoms with van der Waals surface area (Å²) in [7, 11) is 1.71. The van der Waals surface area contributed by atoms with Crippen LogP contribution in [0.25, 0.3) is 0 Å². The Bertz CT molecular complexity index is 647. The maximum atomic E-state index is 13.3. The summed E-state index contributed by atoms with van der Waals surface area (Å²) in [4.78, 5) is 39.9. The minimum Gasteiger partial charge on any atom is -0.445 e. The zero-order valence-corrected chi connectivity index (χ0v) is 20.5. The number of carbonyl (C=O) groups excluding carboxylic acids is 3. The summed E-state index contributed by atoms with van der Waals surface area (Å²) >= 11 is 0. The van der Waals surface area contributed by atoms with Gasteiger partial charge in [0.1, 0.15) is 6.61 Å². The number of hydrogen-bond acceptors (Lipinski definition) is 6. The van der Waals surface area contributed by atoms with Gasteiger partial charge in [-0.25, -0.2) is 4.79 Å². The predicted octanol–water partition coefficient (Wildman–Crippen LogP) is 3.47. The van der Waals surface area contributed by atoms with E-state index >= 15 is 0 Å². The maximum absolute atomic E-state index is 13.3. The number of allylic oxidation sites excluding steroid dienone is 1. The third-order valence-electron chi connectivity index (χ3n) is 5.93. The van der Waals surface area contributed by atoms with Crippen LogP contribution in [0.15, 0.2) is 12.2 Å². The second-order valence-electron chi connectivity index (χ2n) is 9.72. The molecule has 0 spiro atoms. The van der Waals surface area contributed by atoms with E-state index in [9.17, 15) is 14.4 Å². The fourth-order valence-corrected chi connectivity index (χ4v) is 4.09. The molecule has 0 aromatic carbocycles. The quantitative estimate of drug-likeness (QED) is 0.655. The van der Waals surface area contributed by atoms with Crippen LogP contribution in [0.4, 0.5) is 4.79 Å². The number of hydrogen-bond donors (Lipinski definition) is 2. The highest BCUT2D eigenvalue weighted by atomic mass is 16.6. The van der Waals surface area contributed by atoms with Crippen molar-refractivity contribution in [2.45, 2.75) is 90.8 Å². The van der Waals surface area contributed by atoms with Crippen molar-refractivity contribution >= 4 is 17.7 Å². The molecule has 0 unspecified atom stereocenters. The summed E-state index contributed by atoms with van der Waals surface area (Å²) in [5.74, 6) is 0.0297. The Balaban J connectivity index is 3.09. The molecule has 7 nitrogen and oxygen atoms in total. The lowest BCUT2D eigenvalue weighted by molar-refractivity contribution is -0.129. The molecular weight excluding hydrogens is 394 g/mol. The molecule has 0 bridgehead atoms. The molecule has 7 heteroatoms. The largest absolute Gasteiger partial charge is 0.445 e. The third kappa shape index (κ3) is 8.73. The molecular formula is C24H43N3O4. The first-order chi connectivity index (χ1) is 14.4. The number of Topliss-reactive ketones (excluding diaryl/α,β-unsaturated/α-hetero) is 2. The first kappa shape index (κ1) is 27.3. The lowest BCUT2D eigenvalue weighted by Gasteiger charge is -2.35. The molecule has 0 aliphatic carbocycles. The normalized spacial score (nSPS) is 28.0. The standard InChI is InChI=1S/C24H43N3O4/c1-18(2)21(29)24(6)13-10-8-9-11-16-31-22(30)27(7)15-12-14-23(5,26-19(3)4)20(28)17-25-24/h9,11,18-19,25-26H,8,10,12-17H2,1-7H3/t23-,24+/m1/s1. The number of cyclic esters (lactones) is 1. The van der Waals surface area contributed by atoms with Crippen molar-refractivity contribution in [1.29, 1.82) is 0 Å². The van der Waals surface area contributed by atoms with Gasteiger partial charge in [0.15, 0.2) is 11.6 Å². The molecule has 2 atom stereocenters. The smallest absolute Gasteiger partial charge is 0.409 e. The van der Waals surface area contributed by atoms with Crippen LogP contribution < -0.4 is 10.6 Å². The number of rotatable bonds is 4. The van der Waals surface area contributed by atoms with Gasteiger partial charge < -0.3 is 15.0 Å². The molecule has 0 radical (unpaired) electrons. The van der Waals surface area contributed by atoms with E-state index in [1.807, 2.05) is 53.7 Å². The van der Waals surface area contributed by atoms with Crippen molar-refractivity contribution in [1.82, 2.24) is 15.5 Å². The predicted molar refractivity (Wildman–Crippen MR) is 124 cm³/mol. The Morgan fingerprint density at radius 3 is 2.42 bits per heavy atom. The molecule has 0 fully saturated rings. The van der Waals surface area contributed by atoms with E-state index < -0.39 is 11.1 Å². The SMILES string of the molecule is CC(C)N[C@]1(C)CCCN(C)C(=O)OCC=CCCC[C@@](C)(C(=O)C(C)C)NCC1=O. The van der Waals surface area contributed by atoms with E-state index in [0.717, 1.165) is 12.8 Å². The van der Waals surface area contributed by atoms with Gasteiger partial charge >= 0.3 is 6.09 Å². The average molecular weight is 438 g/mol. The van der Waals surface area contributed by atoms with Gasteiger partial charge in [0, 0.05) is 25.6 Å². The number of ether oxygens (including phenoxy) is 1. The van der Waals surface area contributed by atoms with Crippen LogP contribution >= 0.6 is 0 Å². The maximum Gasteiger partial charge on any atom is 0.409 e. The summed E-state index contributed by atoms with van der Waals surface area (Å²) in [5, 5.41) is 6.72. The van der Waals surface area contributed by atoms with Gasteiger partial charge in [-0.2, -0.15) is 0 Å². The average Bonchev–Trinajstić information content (AvgIpc) is 2.69. The molecule has 1 rings (SSSR count).